The van der Waals surface area contributed by atoms with Crippen LogP contribution in [0.15, 0.2) is 6.20 Å². The predicted molar refractivity (Wildman–Crippen MR) is 79.4 cm³/mol. The minimum atomic E-state index is -0.661. The van der Waals surface area contributed by atoms with E-state index in [1.807, 2.05) is 6.20 Å². The Hall–Kier alpha value is -1.03. The molecule has 4 nitrogen and oxygen atoms in total. The molecule has 1 aliphatic carbocycles. The first-order valence-corrected chi connectivity index (χ1v) is 7.53. The van der Waals surface area contributed by atoms with Crippen molar-refractivity contribution >= 4 is 18.4 Å². The Morgan fingerprint density at radius 1 is 1.20 bits per heavy atom. The Balaban J connectivity index is 0.00000147. The summed E-state index contributed by atoms with van der Waals surface area (Å²) in [5.74, 6) is 0.809. The minimum Gasteiger partial charge on any atom is -0.481 e. The summed E-state index contributed by atoms with van der Waals surface area (Å²) in [4.78, 5) is 15.8. The molecule has 2 aliphatic rings. The normalized spacial score (nSPS) is 23.5. The van der Waals surface area contributed by atoms with Crippen molar-refractivity contribution in [1.29, 1.82) is 0 Å². The van der Waals surface area contributed by atoms with E-state index in [2.05, 4.69) is 9.55 Å². The zero-order valence-corrected chi connectivity index (χ0v) is 12.6. The van der Waals surface area contributed by atoms with Crippen LogP contribution in [0, 0.1) is 5.92 Å². The molecule has 1 fully saturated rings. The van der Waals surface area contributed by atoms with E-state index in [4.69, 9.17) is 0 Å². The molecule has 112 valence electrons. The van der Waals surface area contributed by atoms with Crippen LogP contribution in [-0.2, 0) is 17.8 Å². The second kappa shape index (κ2) is 6.61. The van der Waals surface area contributed by atoms with Crippen molar-refractivity contribution in [2.24, 2.45) is 5.92 Å². The fourth-order valence-corrected chi connectivity index (χ4v) is 3.54. The molecule has 1 atom stereocenters. The monoisotopic (exact) mass is 298 g/mol. The molecule has 5 heteroatoms. The summed E-state index contributed by atoms with van der Waals surface area (Å²) in [5.41, 5.74) is 1.23. The van der Waals surface area contributed by atoms with E-state index in [9.17, 15) is 9.90 Å². The third-order valence-electron chi connectivity index (χ3n) is 4.69. The van der Waals surface area contributed by atoms with Gasteiger partial charge in [0.25, 0.3) is 0 Å². The molecule has 0 spiro atoms. The average Bonchev–Trinajstić information content (AvgIpc) is 2.64. The molecular formula is C15H23ClN2O2. The quantitative estimate of drug-likeness (QED) is 0.852. The van der Waals surface area contributed by atoms with Crippen LogP contribution in [0.2, 0.25) is 0 Å². The van der Waals surface area contributed by atoms with Crippen LogP contribution in [0.5, 0.6) is 0 Å². The number of hydrogen-bond donors (Lipinski definition) is 1. The maximum Gasteiger partial charge on any atom is 0.308 e. The van der Waals surface area contributed by atoms with E-state index in [1.54, 1.807) is 0 Å². The smallest absolute Gasteiger partial charge is 0.308 e. The Morgan fingerprint density at radius 2 is 1.90 bits per heavy atom. The molecule has 20 heavy (non-hydrogen) atoms. The fourth-order valence-electron chi connectivity index (χ4n) is 3.54. The van der Waals surface area contributed by atoms with Crippen LogP contribution < -0.4 is 0 Å². The third kappa shape index (κ3) is 3.00. The lowest BCUT2D eigenvalue weighted by Crippen LogP contribution is -2.28. The molecule has 0 bridgehead atoms. The number of halogens is 1. The number of imidazole rings is 1. The molecule has 0 aromatic carbocycles. The van der Waals surface area contributed by atoms with Gasteiger partial charge in [-0.3, -0.25) is 4.79 Å². The third-order valence-corrected chi connectivity index (χ3v) is 4.69. The predicted octanol–water partition coefficient (Wildman–Crippen LogP) is 3.39. The number of aromatic nitrogens is 2. The summed E-state index contributed by atoms with van der Waals surface area (Å²) < 4.78 is 2.21. The minimum absolute atomic E-state index is 0. The van der Waals surface area contributed by atoms with Crippen LogP contribution in [0.4, 0.5) is 0 Å². The number of hydrogen-bond acceptors (Lipinski definition) is 2. The van der Waals surface area contributed by atoms with Crippen LogP contribution in [0.25, 0.3) is 0 Å². The van der Waals surface area contributed by atoms with E-state index in [0.717, 1.165) is 18.7 Å². The van der Waals surface area contributed by atoms with Gasteiger partial charge in [-0.1, -0.05) is 25.7 Å². The highest BCUT2D eigenvalue weighted by Crippen LogP contribution is 2.33. The second-order valence-electron chi connectivity index (χ2n) is 5.98. The van der Waals surface area contributed by atoms with Gasteiger partial charge >= 0.3 is 5.97 Å². The Labute approximate surface area is 126 Å². The van der Waals surface area contributed by atoms with Crippen molar-refractivity contribution < 1.29 is 9.90 Å². The lowest BCUT2D eigenvalue weighted by Gasteiger charge is -2.25. The van der Waals surface area contributed by atoms with Crippen molar-refractivity contribution in [1.82, 2.24) is 9.55 Å². The van der Waals surface area contributed by atoms with Gasteiger partial charge in [0.1, 0.15) is 5.82 Å². The molecule has 1 aromatic rings. The van der Waals surface area contributed by atoms with Crippen molar-refractivity contribution in [3.8, 4) is 0 Å². The van der Waals surface area contributed by atoms with Crippen molar-refractivity contribution in [2.45, 2.75) is 63.8 Å². The highest BCUT2D eigenvalue weighted by molar-refractivity contribution is 5.85. The van der Waals surface area contributed by atoms with E-state index in [0.29, 0.717) is 12.5 Å². The standard InChI is InChI=1S/C15H22N2O2.ClH/c18-15(19)12-7-8-13-9-16-14(17(13)10-12)11-5-3-1-2-4-6-11;/h9,11-12H,1-8,10H2,(H,18,19);1H. The number of fused-ring (bicyclic) bond motifs is 1. The SMILES string of the molecule is Cl.O=C(O)C1CCc2cnc(C3CCCCCC3)n2C1. The lowest BCUT2D eigenvalue weighted by molar-refractivity contribution is -0.142. The van der Waals surface area contributed by atoms with Crippen LogP contribution in [0.3, 0.4) is 0 Å². The van der Waals surface area contributed by atoms with Crippen molar-refractivity contribution in [2.75, 3.05) is 0 Å². The summed E-state index contributed by atoms with van der Waals surface area (Å²) in [7, 11) is 0. The van der Waals surface area contributed by atoms with Gasteiger partial charge in [-0.05, 0) is 25.7 Å². The first-order chi connectivity index (χ1) is 9.25. The molecule has 1 aliphatic heterocycles. The zero-order valence-electron chi connectivity index (χ0n) is 11.8. The molecule has 0 saturated heterocycles. The summed E-state index contributed by atoms with van der Waals surface area (Å²) in [5, 5.41) is 9.21. The van der Waals surface area contributed by atoms with E-state index in [1.165, 1.54) is 44.2 Å². The zero-order chi connectivity index (χ0) is 13.2. The van der Waals surface area contributed by atoms with Crippen molar-refractivity contribution in [3.63, 3.8) is 0 Å². The Bertz CT molecular complexity index is 464. The molecule has 2 heterocycles. The molecule has 1 unspecified atom stereocenters. The summed E-state index contributed by atoms with van der Waals surface area (Å²) in [6.45, 7) is 0.622. The number of carboxylic acid groups (broad SMARTS) is 1. The van der Waals surface area contributed by atoms with Gasteiger partial charge in [-0.15, -0.1) is 12.4 Å². The van der Waals surface area contributed by atoms with E-state index < -0.39 is 5.97 Å². The van der Waals surface area contributed by atoms with Gasteiger partial charge in [-0.2, -0.15) is 0 Å². The number of aliphatic carboxylic acids is 1. The van der Waals surface area contributed by atoms with Gasteiger partial charge in [0, 0.05) is 24.4 Å². The van der Waals surface area contributed by atoms with Gasteiger partial charge in [-0.25, -0.2) is 4.98 Å². The van der Waals surface area contributed by atoms with Crippen molar-refractivity contribution in [3.05, 3.63) is 17.7 Å². The van der Waals surface area contributed by atoms with Gasteiger partial charge in [0.05, 0.1) is 5.92 Å². The molecule has 1 saturated carbocycles. The number of rotatable bonds is 2. The first-order valence-electron chi connectivity index (χ1n) is 7.53. The van der Waals surface area contributed by atoms with E-state index >= 15 is 0 Å². The number of carbonyl (C=O) groups is 1. The number of aryl methyl sites for hydroxylation is 1. The van der Waals surface area contributed by atoms with Crippen LogP contribution in [-0.4, -0.2) is 20.6 Å². The van der Waals surface area contributed by atoms with Gasteiger partial charge in [0.2, 0.25) is 0 Å². The fraction of sp³-hybridized carbons (Fsp3) is 0.733. The number of carboxylic acids is 1. The highest BCUT2D eigenvalue weighted by atomic mass is 35.5. The maximum absolute atomic E-state index is 11.2. The first kappa shape index (κ1) is 15.4. The van der Waals surface area contributed by atoms with Gasteiger partial charge in [0.15, 0.2) is 0 Å². The molecule has 1 aromatic heterocycles. The number of nitrogens with zero attached hydrogens (tertiary/aromatic N) is 2. The Kier molecular flexibility index (Phi) is 5.08. The largest absolute Gasteiger partial charge is 0.481 e. The van der Waals surface area contributed by atoms with Crippen LogP contribution in [0.1, 0.15) is 62.4 Å². The highest BCUT2D eigenvalue weighted by Gasteiger charge is 2.28. The van der Waals surface area contributed by atoms with E-state index in [-0.39, 0.29) is 18.3 Å². The molecule has 0 radical (unpaired) electrons. The maximum atomic E-state index is 11.2. The summed E-state index contributed by atoms with van der Waals surface area (Å²) in [6, 6.07) is 0. The second-order valence-corrected chi connectivity index (χ2v) is 5.98. The molecule has 0 amide bonds. The Morgan fingerprint density at radius 3 is 2.55 bits per heavy atom. The van der Waals surface area contributed by atoms with Crippen LogP contribution >= 0.6 is 12.4 Å². The topological polar surface area (TPSA) is 55.1 Å². The van der Waals surface area contributed by atoms with Gasteiger partial charge < -0.3 is 9.67 Å². The average molecular weight is 299 g/mol. The molecule has 3 rings (SSSR count). The summed E-state index contributed by atoms with van der Waals surface area (Å²) in [6.07, 6.45) is 11.3. The molecule has 1 N–H and O–H groups in total. The summed E-state index contributed by atoms with van der Waals surface area (Å²) >= 11 is 0. The molecular weight excluding hydrogens is 276 g/mol. The lowest BCUT2D eigenvalue weighted by atomic mass is 9.96.